The molecule has 8 rings (SSSR count). The van der Waals surface area contributed by atoms with Crippen molar-refractivity contribution in [2.45, 2.75) is 45.1 Å². The van der Waals surface area contributed by atoms with E-state index in [0.29, 0.717) is 44.9 Å². The van der Waals surface area contributed by atoms with Crippen LogP contribution in [0.15, 0.2) is 101 Å². The highest BCUT2D eigenvalue weighted by molar-refractivity contribution is 7.92. The van der Waals surface area contributed by atoms with Gasteiger partial charge >= 0.3 is 5.97 Å². The minimum atomic E-state index is -3.93. The average molecular weight is 847 g/mol. The number of aromatic nitrogens is 4. The molecule has 0 fully saturated rings. The molecule has 13 nitrogen and oxygen atoms in total. The number of nitrogens with zero attached hydrogens (tertiary/aromatic N) is 5. The number of fused-ring (bicyclic) bond motifs is 4. The summed E-state index contributed by atoms with van der Waals surface area (Å²) in [5.74, 6) is 6.52. The van der Waals surface area contributed by atoms with E-state index < -0.39 is 16.1 Å². The molecule has 0 radical (unpaired) electrons. The second-order valence-electron chi connectivity index (χ2n) is 14.4. The van der Waals surface area contributed by atoms with Crippen molar-refractivity contribution in [3.8, 4) is 34.0 Å². The number of sulfonamides is 1. The van der Waals surface area contributed by atoms with E-state index in [1.54, 1.807) is 53.9 Å². The average Bonchev–Trinajstić information content (AvgIpc) is 3.94. The van der Waals surface area contributed by atoms with Crippen LogP contribution in [0.3, 0.4) is 0 Å². The maximum absolute atomic E-state index is 13.2. The van der Waals surface area contributed by atoms with Crippen molar-refractivity contribution in [1.29, 1.82) is 5.26 Å². The number of hydrogen-bond acceptors (Lipinski definition) is 10. The highest BCUT2D eigenvalue weighted by Gasteiger charge is 2.32. The number of rotatable bonds is 9. The first-order valence-electron chi connectivity index (χ1n) is 19.2. The molecule has 0 saturated heterocycles. The number of aliphatic imine (C=N–C) groups is 1. The van der Waals surface area contributed by atoms with Gasteiger partial charge in [-0.05, 0) is 92.4 Å². The molecule has 0 bridgehead atoms. The quantitative estimate of drug-likeness (QED) is 0.0979. The Morgan fingerprint density at radius 1 is 0.918 bits per heavy atom. The predicted octanol–water partition coefficient (Wildman–Crippen LogP) is 7.62. The Kier molecular flexibility index (Phi) is 10.9. The van der Waals surface area contributed by atoms with Crippen molar-refractivity contribution >= 4 is 55.5 Å². The van der Waals surface area contributed by atoms with Gasteiger partial charge in [0.25, 0.3) is 15.9 Å². The molecule has 1 atom stereocenters. The predicted molar refractivity (Wildman–Crippen MR) is 235 cm³/mol. The molecular formula is C46H38N8O5S2. The van der Waals surface area contributed by atoms with Gasteiger partial charge < -0.3 is 15.0 Å². The van der Waals surface area contributed by atoms with E-state index in [0.717, 1.165) is 49.0 Å². The first kappa shape index (κ1) is 40.4. The van der Waals surface area contributed by atoms with Gasteiger partial charge in [0.2, 0.25) is 0 Å². The fourth-order valence-corrected chi connectivity index (χ4v) is 9.57. The molecule has 15 heteroatoms. The number of H-pyrrole nitrogens is 1. The van der Waals surface area contributed by atoms with E-state index >= 15 is 0 Å². The number of anilines is 1. The number of thiophene rings is 1. The first-order valence-corrected chi connectivity index (χ1v) is 21.5. The summed E-state index contributed by atoms with van der Waals surface area (Å²) in [5.41, 5.74) is 8.84. The van der Waals surface area contributed by atoms with Gasteiger partial charge in [0.1, 0.15) is 22.9 Å². The van der Waals surface area contributed by atoms with Crippen LogP contribution in [-0.4, -0.2) is 59.4 Å². The molecule has 7 aromatic rings. The highest BCUT2D eigenvalue weighted by atomic mass is 32.2. The summed E-state index contributed by atoms with van der Waals surface area (Å²) in [5, 5.41) is 22.6. The molecular weight excluding hydrogens is 809 g/mol. The lowest BCUT2D eigenvalue weighted by atomic mass is 9.96. The standard InChI is InChI=1S/C46H38N8O5S2/c1-26-8-21-37(43-40(26)35(24-47)25-49-43)53-61(57,58)36-19-9-30(10-20-36)7-6-22-48-45(56)34-17-13-32(14-18-34)31-11-15-33(16-12-31)42-41-27(2)28(3)60-46(41)54-29(4)51-52-44(54)38(50-42)23-39(55)59-5/h8-21,25,38,49,53H,22-23H2,1-5H3,(H,48,56)/t38-/m0/s1. The number of amides is 1. The van der Waals surface area contributed by atoms with Gasteiger partial charge in [-0.25, -0.2) is 8.42 Å². The zero-order chi connectivity index (χ0) is 43.0. The topological polar surface area (TPSA) is 184 Å². The number of carbonyl (C=O) groups is 2. The number of nitriles is 1. The normalized spacial score (nSPS) is 13.2. The number of esters is 1. The van der Waals surface area contributed by atoms with Gasteiger partial charge in [-0.2, -0.15) is 5.26 Å². The van der Waals surface area contributed by atoms with Crippen LogP contribution in [0.1, 0.15) is 72.7 Å². The number of carbonyl (C=O) groups excluding carboxylic acids is 2. The summed E-state index contributed by atoms with van der Waals surface area (Å²) in [6, 6.07) is 26.4. The van der Waals surface area contributed by atoms with Crippen LogP contribution >= 0.6 is 11.3 Å². The van der Waals surface area contributed by atoms with Crippen LogP contribution in [0.2, 0.25) is 0 Å². The first-order chi connectivity index (χ1) is 29.4. The van der Waals surface area contributed by atoms with Gasteiger partial charge in [-0.3, -0.25) is 23.9 Å². The minimum Gasteiger partial charge on any atom is -0.469 e. The van der Waals surface area contributed by atoms with Gasteiger partial charge in [0.05, 0.1) is 47.5 Å². The number of benzene rings is 4. The number of aryl methyl sites for hydroxylation is 3. The number of methoxy groups -OCH3 is 1. The van der Waals surface area contributed by atoms with Gasteiger partial charge in [-0.15, -0.1) is 21.5 Å². The van der Waals surface area contributed by atoms with Gasteiger partial charge in [-0.1, -0.05) is 54.3 Å². The van der Waals surface area contributed by atoms with Crippen molar-refractivity contribution in [2.75, 3.05) is 18.4 Å². The number of nitrogens with one attached hydrogen (secondary N) is 3. The zero-order valence-corrected chi connectivity index (χ0v) is 35.4. The highest BCUT2D eigenvalue weighted by Crippen LogP contribution is 2.40. The summed E-state index contributed by atoms with van der Waals surface area (Å²) >= 11 is 1.65. The molecule has 1 aliphatic rings. The van der Waals surface area contributed by atoms with Crippen LogP contribution in [0.25, 0.3) is 27.0 Å². The van der Waals surface area contributed by atoms with Crippen LogP contribution < -0.4 is 10.0 Å². The van der Waals surface area contributed by atoms with E-state index in [9.17, 15) is 23.3 Å². The third-order valence-electron chi connectivity index (χ3n) is 10.6. The van der Waals surface area contributed by atoms with Crippen LogP contribution in [0.4, 0.5) is 5.69 Å². The fourth-order valence-electron chi connectivity index (χ4n) is 7.29. The Balaban J connectivity index is 0.915. The lowest BCUT2D eigenvalue weighted by Gasteiger charge is -2.12. The molecule has 4 heterocycles. The molecule has 304 valence electrons. The van der Waals surface area contributed by atoms with Crippen molar-refractivity contribution < 1.29 is 22.7 Å². The molecule has 1 aliphatic heterocycles. The Bertz CT molecular complexity index is 3120. The minimum absolute atomic E-state index is 0.0253. The summed E-state index contributed by atoms with van der Waals surface area (Å²) in [4.78, 5) is 34.8. The molecule has 61 heavy (non-hydrogen) atoms. The number of hydrogen-bond donors (Lipinski definition) is 3. The molecule has 0 unspecified atom stereocenters. The third kappa shape index (κ3) is 7.80. The van der Waals surface area contributed by atoms with Crippen LogP contribution in [0, 0.1) is 50.9 Å². The van der Waals surface area contributed by atoms with E-state index in [1.807, 2.05) is 54.8 Å². The summed E-state index contributed by atoms with van der Waals surface area (Å²) in [7, 11) is -2.57. The van der Waals surface area contributed by atoms with E-state index in [-0.39, 0.29) is 29.7 Å². The van der Waals surface area contributed by atoms with Crippen molar-refractivity contribution in [1.82, 2.24) is 25.1 Å². The SMILES string of the molecule is COC(=O)C[C@@H]1N=C(c2ccc(-c3ccc(C(=O)NCC#Cc4ccc(S(=O)(=O)Nc5ccc(C)c6c(C#N)c[nH]c56)cc4)cc3)cc2)c2c(sc(C)c2C)-n2c(C)nnc21. The Morgan fingerprint density at radius 3 is 2.30 bits per heavy atom. The molecule has 3 aromatic heterocycles. The molecule has 3 N–H and O–H groups in total. The van der Waals surface area contributed by atoms with E-state index in [2.05, 4.69) is 57.0 Å². The monoisotopic (exact) mass is 846 g/mol. The molecule has 0 saturated carbocycles. The summed E-state index contributed by atoms with van der Waals surface area (Å²) in [6.07, 6.45) is 1.58. The molecule has 4 aromatic carbocycles. The molecule has 0 spiro atoms. The molecule has 0 aliphatic carbocycles. The summed E-state index contributed by atoms with van der Waals surface area (Å²) < 4.78 is 36.0. The Hall–Kier alpha value is -7.33. The lowest BCUT2D eigenvalue weighted by molar-refractivity contribution is -0.141. The second kappa shape index (κ2) is 16.4. The van der Waals surface area contributed by atoms with Gasteiger partial charge in [0, 0.05) is 38.7 Å². The van der Waals surface area contributed by atoms with Crippen LogP contribution in [0.5, 0.6) is 0 Å². The van der Waals surface area contributed by atoms with E-state index in [4.69, 9.17) is 9.73 Å². The maximum atomic E-state index is 13.2. The Morgan fingerprint density at radius 2 is 1.61 bits per heavy atom. The molecule has 1 amide bonds. The number of aromatic amines is 1. The van der Waals surface area contributed by atoms with Crippen LogP contribution in [-0.2, 0) is 19.6 Å². The third-order valence-corrected chi connectivity index (χ3v) is 13.2. The van der Waals surface area contributed by atoms with Crippen molar-refractivity contribution in [3.05, 3.63) is 147 Å². The van der Waals surface area contributed by atoms with Crippen molar-refractivity contribution in [3.63, 3.8) is 0 Å². The second-order valence-corrected chi connectivity index (χ2v) is 17.3. The maximum Gasteiger partial charge on any atom is 0.308 e. The number of ether oxygens (including phenoxy) is 1. The van der Waals surface area contributed by atoms with Crippen molar-refractivity contribution in [2.24, 2.45) is 4.99 Å². The Labute approximate surface area is 356 Å². The van der Waals surface area contributed by atoms with E-state index in [1.165, 1.54) is 19.2 Å². The largest absolute Gasteiger partial charge is 0.469 e. The smallest absolute Gasteiger partial charge is 0.308 e. The fraction of sp³-hybridized carbons (Fsp3) is 0.174. The lowest BCUT2D eigenvalue weighted by Crippen LogP contribution is -2.23. The summed E-state index contributed by atoms with van der Waals surface area (Å²) in [6.45, 7) is 8.00. The van der Waals surface area contributed by atoms with Gasteiger partial charge in [0.15, 0.2) is 5.82 Å². The zero-order valence-electron chi connectivity index (χ0n) is 33.7.